The van der Waals surface area contributed by atoms with Gasteiger partial charge in [-0.3, -0.25) is 4.99 Å². The standard InChI is InChI=1S/C24H31N3O3/c1-25-24(27-20-14-15-29-21-12-6-5-11-19(20)21)26-16-17-8-7-13-22(28-2)23(17)30-18-9-3-4-10-18/h5-8,11-13,18,20H,3-4,9-10,14-16H2,1-2H3,(H2,25,26,27). The molecule has 1 aliphatic heterocycles. The Balaban J connectivity index is 1.44. The lowest BCUT2D eigenvalue weighted by Gasteiger charge is -2.28. The molecule has 6 nitrogen and oxygen atoms in total. The summed E-state index contributed by atoms with van der Waals surface area (Å²) in [5.41, 5.74) is 2.23. The molecule has 1 heterocycles. The van der Waals surface area contributed by atoms with E-state index in [4.69, 9.17) is 14.2 Å². The van der Waals surface area contributed by atoms with Crippen LogP contribution in [0, 0.1) is 0 Å². The van der Waals surface area contributed by atoms with Crippen LogP contribution in [0.4, 0.5) is 0 Å². The fourth-order valence-corrected chi connectivity index (χ4v) is 4.20. The summed E-state index contributed by atoms with van der Waals surface area (Å²) in [5, 5.41) is 6.98. The Hall–Kier alpha value is -2.89. The van der Waals surface area contributed by atoms with Gasteiger partial charge in [0.2, 0.25) is 0 Å². The van der Waals surface area contributed by atoms with Gasteiger partial charge in [-0.2, -0.15) is 0 Å². The van der Waals surface area contributed by atoms with Gasteiger partial charge in [0.15, 0.2) is 17.5 Å². The average Bonchev–Trinajstić information content (AvgIpc) is 3.30. The van der Waals surface area contributed by atoms with Crippen molar-refractivity contribution >= 4 is 5.96 Å². The van der Waals surface area contributed by atoms with E-state index in [0.717, 1.165) is 48.0 Å². The largest absolute Gasteiger partial charge is 0.493 e. The molecular formula is C24H31N3O3. The molecule has 0 saturated heterocycles. The van der Waals surface area contributed by atoms with Gasteiger partial charge < -0.3 is 24.8 Å². The minimum absolute atomic E-state index is 0.167. The van der Waals surface area contributed by atoms with Crippen LogP contribution in [0.15, 0.2) is 47.5 Å². The number of rotatable bonds is 6. The molecule has 0 amide bonds. The number of nitrogens with zero attached hydrogens (tertiary/aromatic N) is 1. The van der Waals surface area contributed by atoms with Crippen molar-refractivity contribution in [3.05, 3.63) is 53.6 Å². The topological polar surface area (TPSA) is 64.1 Å². The molecule has 2 N–H and O–H groups in total. The van der Waals surface area contributed by atoms with Crippen molar-refractivity contribution < 1.29 is 14.2 Å². The maximum absolute atomic E-state index is 6.35. The summed E-state index contributed by atoms with van der Waals surface area (Å²) in [7, 11) is 3.49. The van der Waals surface area contributed by atoms with E-state index >= 15 is 0 Å². The van der Waals surface area contributed by atoms with Gasteiger partial charge in [0, 0.05) is 31.1 Å². The SMILES string of the molecule is CN=C(NCc1cccc(OC)c1OC1CCCC1)NC1CCOc2ccccc21. The van der Waals surface area contributed by atoms with Gasteiger partial charge in [0.1, 0.15) is 5.75 Å². The number of aliphatic imine (C=N–C) groups is 1. The molecule has 0 bridgehead atoms. The minimum Gasteiger partial charge on any atom is -0.493 e. The number of guanidine groups is 1. The van der Waals surface area contributed by atoms with E-state index in [1.165, 1.54) is 18.4 Å². The van der Waals surface area contributed by atoms with Gasteiger partial charge >= 0.3 is 0 Å². The number of ether oxygens (including phenoxy) is 3. The molecule has 0 radical (unpaired) electrons. The third-order valence-electron chi connectivity index (χ3n) is 5.81. The highest BCUT2D eigenvalue weighted by atomic mass is 16.5. The Morgan fingerprint density at radius 2 is 1.93 bits per heavy atom. The molecule has 6 heteroatoms. The van der Waals surface area contributed by atoms with Crippen molar-refractivity contribution in [2.45, 2.75) is 50.8 Å². The number of fused-ring (bicyclic) bond motifs is 1. The number of methoxy groups -OCH3 is 1. The summed E-state index contributed by atoms with van der Waals surface area (Å²) in [6, 6.07) is 14.4. The Morgan fingerprint density at radius 3 is 2.73 bits per heavy atom. The van der Waals surface area contributed by atoms with E-state index in [9.17, 15) is 0 Å². The third kappa shape index (κ3) is 4.64. The first-order valence-corrected chi connectivity index (χ1v) is 10.8. The van der Waals surface area contributed by atoms with Gasteiger partial charge in [0.25, 0.3) is 0 Å². The van der Waals surface area contributed by atoms with Crippen LogP contribution in [0.5, 0.6) is 17.2 Å². The van der Waals surface area contributed by atoms with E-state index in [1.807, 2.05) is 30.3 Å². The molecular weight excluding hydrogens is 378 g/mol. The van der Waals surface area contributed by atoms with Crippen molar-refractivity contribution in [3.8, 4) is 17.2 Å². The zero-order chi connectivity index (χ0) is 20.8. The van der Waals surface area contributed by atoms with E-state index in [0.29, 0.717) is 13.2 Å². The number of hydrogen-bond donors (Lipinski definition) is 2. The second-order valence-electron chi connectivity index (χ2n) is 7.77. The number of nitrogens with one attached hydrogen (secondary N) is 2. The number of benzene rings is 2. The third-order valence-corrected chi connectivity index (χ3v) is 5.81. The predicted molar refractivity (Wildman–Crippen MR) is 119 cm³/mol. The monoisotopic (exact) mass is 409 g/mol. The highest BCUT2D eigenvalue weighted by Gasteiger charge is 2.23. The van der Waals surface area contributed by atoms with Crippen molar-refractivity contribution in [2.24, 2.45) is 4.99 Å². The molecule has 2 aromatic carbocycles. The van der Waals surface area contributed by atoms with Gasteiger partial charge in [-0.05, 0) is 37.8 Å². The number of para-hydroxylation sites is 2. The van der Waals surface area contributed by atoms with Gasteiger partial charge in [0.05, 0.1) is 25.9 Å². The molecule has 1 aliphatic carbocycles. The van der Waals surface area contributed by atoms with Crippen LogP contribution in [0.25, 0.3) is 0 Å². The zero-order valence-electron chi connectivity index (χ0n) is 17.8. The van der Waals surface area contributed by atoms with Crippen molar-refractivity contribution in [2.75, 3.05) is 20.8 Å². The molecule has 1 saturated carbocycles. The normalized spacial score (nSPS) is 19.0. The molecule has 4 rings (SSSR count). The summed E-state index contributed by atoms with van der Waals surface area (Å²) < 4.78 is 17.7. The first-order chi connectivity index (χ1) is 14.8. The van der Waals surface area contributed by atoms with Crippen LogP contribution in [0.1, 0.15) is 49.3 Å². The smallest absolute Gasteiger partial charge is 0.191 e. The molecule has 2 aliphatic rings. The van der Waals surface area contributed by atoms with Gasteiger partial charge in [-0.25, -0.2) is 0 Å². The molecule has 160 valence electrons. The maximum atomic E-state index is 6.35. The van der Waals surface area contributed by atoms with Crippen LogP contribution in [-0.4, -0.2) is 32.8 Å². The lowest BCUT2D eigenvalue weighted by atomic mass is 10.0. The Kier molecular flexibility index (Phi) is 6.62. The van der Waals surface area contributed by atoms with E-state index < -0.39 is 0 Å². The predicted octanol–water partition coefficient (Wildman–Crippen LogP) is 4.21. The van der Waals surface area contributed by atoms with Gasteiger partial charge in [-0.1, -0.05) is 30.3 Å². The lowest BCUT2D eigenvalue weighted by Crippen LogP contribution is -2.40. The molecule has 1 fully saturated rings. The lowest BCUT2D eigenvalue weighted by molar-refractivity contribution is 0.198. The quantitative estimate of drug-likeness (QED) is 0.553. The highest BCUT2D eigenvalue weighted by Crippen LogP contribution is 2.35. The van der Waals surface area contributed by atoms with Crippen LogP contribution in [-0.2, 0) is 6.54 Å². The minimum atomic E-state index is 0.167. The van der Waals surface area contributed by atoms with Crippen molar-refractivity contribution in [1.29, 1.82) is 0 Å². The summed E-state index contributed by atoms with van der Waals surface area (Å²) in [5.74, 6) is 3.32. The van der Waals surface area contributed by atoms with Crippen molar-refractivity contribution in [1.82, 2.24) is 10.6 Å². The second kappa shape index (κ2) is 9.74. The van der Waals surface area contributed by atoms with Crippen LogP contribution in [0.3, 0.4) is 0 Å². The maximum Gasteiger partial charge on any atom is 0.191 e. The Morgan fingerprint density at radius 1 is 1.10 bits per heavy atom. The Bertz CT molecular complexity index is 878. The second-order valence-corrected chi connectivity index (χ2v) is 7.77. The summed E-state index contributed by atoms with van der Waals surface area (Å²) in [4.78, 5) is 4.43. The summed E-state index contributed by atoms with van der Waals surface area (Å²) in [6.07, 6.45) is 5.85. The fourth-order valence-electron chi connectivity index (χ4n) is 4.20. The first kappa shape index (κ1) is 20.4. The molecule has 2 aromatic rings. The molecule has 1 atom stereocenters. The van der Waals surface area contributed by atoms with Crippen LogP contribution < -0.4 is 24.8 Å². The van der Waals surface area contributed by atoms with E-state index in [2.05, 4.69) is 27.8 Å². The van der Waals surface area contributed by atoms with Crippen LogP contribution >= 0.6 is 0 Å². The first-order valence-electron chi connectivity index (χ1n) is 10.8. The summed E-state index contributed by atoms with van der Waals surface area (Å²) in [6.45, 7) is 1.30. The average molecular weight is 410 g/mol. The summed E-state index contributed by atoms with van der Waals surface area (Å²) >= 11 is 0. The molecule has 0 aromatic heterocycles. The molecule has 1 unspecified atom stereocenters. The Labute approximate surface area is 178 Å². The number of hydrogen-bond acceptors (Lipinski definition) is 4. The fraction of sp³-hybridized carbons (Fsp3) is 0.458. The van der Waals surface area contributed by atoms with Crippen LogP contribution in [0.2, 0.25) is 0 Å². The molecule has 30 heavy (non-hydrogen) atoms. The van der Waals surface area contributed by atoms with Gasteiger partial charge in [-0.15, -0.1) is 0 Å². The molecule has 0 spiro atoms. The van der Waals surface area contributed by atoms with Crippen molar-refractivity contribution in [3.63, 3.8) is 0 Å². The highest BCUT2D eigenvalue weighted by molar-refractivity contribution is 5.80. The van der Waals surface area contributed by atoms with E-state index in [-0.39, 0.29) is 12.1 Å². The zero-order valence-corrected chi connectivity index (χ0v) is 17.8. The van der Waals surface area contributed by atoms with E-state index in [1.54, 1.807) is 14.2 Å².